The van der Waals surface area contributed by atoms with Crippen LogP contribution < -0.4 is 5.73 Å². The number of aliphatic carboxylic acids is 1. The maximum Gasteiger partial charge on any atom is 0.312 e. The molecule has 1 rings (SSSR count). The smallest absolute Gasteiger partial charge is 0.312 e. The van der Waals surface area contributed by atoms with Crippen LogP contribution in [0.1, 0.15) is 11.5 Å². The predicted molar refractivity (Wildman–Crippen MR) is 45.7 cm³/mol. The number of carbonyl (C=O) groups is 1. The maximum atomic E-state index is 13.1. The first-order chi connectivity index (χ1) is 7.40. The number of hydrogen-bond donors (Lipinski definition) is 2. The summed E-state index contributed by atoms with van der Waals surface area (Å²) < 4.78 is 51.3. The van der Waals surface area contributed by atoms with Crippen molar-refractivity contribution in [2.75, 3.05) is 6.54 Å². The quantitative estimate of drug-likeness (QED) is 0.474. The van der Waals surface area contributed by atoms with E-state index >= 15 is 0 Å². The molecule has 1 atom stereocenters. The van der Waals surface area contributed by atoms with Gasteiger partial charge >= 0.3 is 5.97 Å². The SMILES string of the molecule is NCC(C(=O)O)c1cc(F)c(F)c(F)c1F. The van der Waals surface area contributed by atoms with Crippen molar-refractivity contribution in [3.8, 4) is 0 Å². The number of halogens is 4. The molecular formula is C9H7F4NO2. The van der Waals surface area contributed by atoms with Crippen LogP contribution in [0.5, 0.6) is 0 Å². The summed E-state index contributed by atoms with van der Waals surface area (Å²) >= 11 is 0. The molecular weight excluding hydrogens is 230 g/mol. The summed E-state index contributed by atoms with van der Waals surface area (Å²) in [7, 11) is 0. The van der Waals surface area contributed by atoms with Gasteiger partial charge in [-0.05, 0) is 6.07 Å². The molecule has 0 aliphatic heterocycles. The Bertz CT molecular complexity index is 436. The van der Waals surface area contributed by atoms with Crippen molar-refractivity contribution in [3.63, 3.8) is 0 Å². The van der Waals surface area contributed by atoms with Crippen LogP contribution in [-0.4, -0.2) is 17.6 Å². The third kappa shape index (κ3) is 1.99. The number of benzene rings is 1. The molecule has 1 aromatic carbocycles. The Balaban J connectivity index is 3.39. The predicted octanol–water partition coefficient (Wildman–Crippen LogP) is 1.37. The van der Waals surface area contributed by atoms with Crippen LogP contribution in [0.25, 0.3) is 0 Å². The molecule has 0 saturated carbocycles. The van der Waals surface area contributed by atoms with Crippen molar-refractivity contribution >= 4 is 5.97 Å². The summed E-state index contributed by atoms with van der Waals surface area (Å²) in [5.74, 6) is -10.6. The average molecular weight is 237 g/mol. The zero-order valence-corrected chi connectivity index (χ0v) is 7.81. The van der Waals surface area contributed by atoms with Crippen LogP contribution in [0.15, 0.2) is 6.07 Å². The Morgan fingerprint density at radius 1 is 1.25 bits per heavy atom. The zero-order valence-electron chi connectivity index (χ0n) is 7.81. The second kappa shape index (κ2) is 4.48. The van der Waals surface area contributed by atoms with Crippen LogP contribution >= 0.6 is 0 Å². The number of rotatable bonds is 3. The molecule has 0 aromatic heterocycles. The Labute approximate surface area is 87.5 Å². The van der Waals surface area contributed by atoms with Gasteiger partial charge in [-0.25, -0.2) is 17.6 Å². The van der Waals surface area contributed by atoms with E-state index in [0.29, 0.717) is 6.07 Å². The Hall–Kier alpha value is -1.63. The number of hydrogen-bond acceptors (Lipinski definition) is 2. The van der Waals surface area contributed by atoms with Gasteiger partial charge in [0.1, 0.15) is 0 Å². The van der Waals surface area contributed by atoms with Crippen molar-refractivity contribution in [3.05, 3.63) is 34.9 Å². The normalized spacial score (nSPS) is 12.6. The van der Waals surface area contributed by atoms with Crippen molar-refractivity contribution in [1.29, 1.82) is 0 Å². The lowest BCUT2D eigenvalue weighted by atomic mass is 9.98. The van der Waals surface area contributed by atoms with Crippen LogP contribution in [0.3, 0.4) is 0 Å². The lowest BCUT2D eigenvalue weighted by molar-refractivity contribution is -0.138. The van der Waals surface area contributed by atoms with Gasteiger partial charge in [-0.15, -0.1) is 0 Å². The van der Waals surface area contributed by atoms with Gasteiger partial charge in [0, 0.05) is 12.1 Å². The summed E-state index contributed by atoms with van der Waals surface area (Å²) in [5.41, 5.74) is 4.21. The van der Waals surface area contributed by atoms with Gasteiger partial charge in [-0.3, -0.25) is 4.79 Å². The fourth-order valence-corrected chi connectivity index (χ4v) is 1.21. The first-order valence-electron chi connectivity index (χ1n) is 4.15. The molecule has 7 heteroatoms. The van der Waals surface area contributed by atoms with Gasteiger partial charge in [-0.1, -0.05) is 0 Å². The number of nitrogens with two attached hydrogens (primary N) is 1. The minimum atomic E-state index is -2.05. The van der Waals surface area contributed by atoms with E-state index in [4.69, 9.17) is 10.8 Å². The molecule has 1 unspecified atom stereocenters. The number of carboxylic acids is 1. The van der Waals surface area contributed by atoms with Gasteiger partial charge in [0.15, 0.2) is 23.3 Å². The topological polar surface area (TPSA) is 63.3 Å². The van der Waals surface area contributed by atoms with Gasteiger partial charge in [0.2, 0.25) is 0 Å². The Kier molecular flexibility index (Phi) is 3.48. The monoisotopic (exact) mass is 237 g/mol. The standard InChI is InChI=1S/C9H7F4NO2/c10-5-1-3(4(2-14)9(15)16)6(11)8(13)7(5)12/h1,4H,2,14H2,(H,15,16). The van der Waals surface area contributed by atoms with Gasteiger partial charge < -0.3 is 10.8 Å². The highest BCUT2D eigenvalue weighted by molar-refractivity contribution is 5.76. The second-order valence-corrected chi connectivity index (χ2v) is 3.02. The zero-order chi connectivity index (χ0) is 12.5. The fraction of sp³-hybridized carbons (Fsp3) is 0.222. The van der Waals surface area contributed by atoms with Gasteiger partial charge in [-0.2, -0.15) is 0 Å². The molecule has 0 spiro atoms. The lowest BCUT2D eigenvalue weighted by Gasteiger charge is -2.12. The van der Waals surface area contributed by atoms with E-state index < -0.39 is 47.3 Å². The van der Waals surface area contributed by atoms with E-state index in [0.717, 1.165) is 0 Å². The largest absolute Gasteiger partial charge is 0.481 e. The summed E-state index contributed by atoms with van der Waals surface area (Å²) in [4.78, 5) is 10.6. The van der Waals surface area contributed by atoms with E-state index in [-0.39, 0.29) is 0 Å². The van der Waals surface area contributed by atoms with E-state index in [1.165, 1.54) is 0 Å². The summed E-state index contributed by atoms with van der Waals surface area (Å²) in [6, 6.07) is 0.291. The molecule has 3 N–H and O–H groups in total. The molecule has 0 aliphatic rings. The lowest BCUT2D eigenvalue weighted by Crippen LogP contribution is -2.23. The van der Waals surface area contributed by atoms with Crippen LogP contribution in [0.2, 0.25) is 0 Å². The van der Waals surface area contributed by atoms with E-state index in [9.17, 15) is 22.4 Å². The first kappa shape index (κ1) is 12.4. The number of carboxylic acid groups (broad SMARTS) is 1. The molecule has 0 aliphatic carbocycles. The molecule has 16 heavy (non-hydrogen) atoms. The molecule has 88 valence electrons. The van der Waals surface area contributed by atoms with Crippen molar-refractivity contribution in [2.45, 2.75) is 5.92 Å². The minimum absolute atomic E-state index is 0.291. The molecule has 3 nitrogen and oxygen atoms in total. The first-order valence-corrected chi connectivity index (χ1v) is 4.15. The fourth-order valence-electron chi connectivity index (χ4n) is 1.21. The maximum absolute atomic E-state index is 13.1. The van der Waals surface area contributed by atoms with Gasteiger partial charge in [0.25, 0.3) is 0 Å². The molecule has 0 fully saturated rings. The Morgan fingerprint density at radius 2 is 1.81 bits per heavy atom. The molecule has 0 heterocycles. The van der Waals surface area contributed by atoms with E-state index in [1.807, 2.05) is 0 Å². The third-order valence-corrected chi connectivity index (χ3v) is 2.04. The Morgan fingerprint density at radius 3 is 2.25 bits per heavy atom. The molecule has 1 aromatic rings. The van der Waals surface area contributed by atoms with Crippen LogP contribution in [0.4, 0.5) is 17.6 Å². The minimum Gasteiger partial charge on any atom is -0.481 e. The second-order valence-electron chi connectivity index (χ2n) is 3.02. The van der Waals surface area contributed by atoms with Gasteiger partial charge in [0.05, 0.1) is 5.92 Å². The summed E-state index contributed by atoms with van der Waals surface area (Å²) in [5, 5.41) is 8.62. The molecule has 0 bridgehead atoms. The van der Waals surface area contributed by atoms with E-state index in [1.54, 1.807) is 0 Å². The highest BCUT2D eigenvalue weighted by Gasteiger charge is 2.27. The molecule has 0 radical (unpaired) electrons. The van der Waals surface area contributed by atoms with Crippen molar-refractivity contribution in [1.82, 2.24) is 0 Å². The van der Waals surface area contributed by atoms with Crippen LogP contribution in [-0.2, 0) is 4.79 Å². The summed E-state index contributed by atoms with van der Waals surface area (Å²) in [6.45, 7) is -0.559. The average Bonchev–Trinajstić information content (AvgIpc) is 2.23. The molecule has 0 amide bonds. The molecule has 0 saturated heterocycles. The van der Waals surface area contributed by atoms with Crippen molar-refractivity contribution in [2.24, 2.45) is 5.73 Å². The highest BCUT2D eigenvalue weighted by Crippen LogP contribution is 2.24. The third-order valence-electron chi connectivity index (χ3n) is 2.04. The van der Waals surface area contributed by atoms with Crippen molar-refractivity contribution < 1.29 is 27.5 Å². The highest BCUT2D eigenvalue weighted by atomic mass is 19.2. The van der Waals surface area contributed by atoms with E-state index in [2.05, 4.69) is 0 Å². The summed E-state index contributed by atoms with van der Waals surface area (Å²) in [6.07, 6.45) is 0. The van der Waals surface area contributed by atoms with Crippen LogP contribution in [0, 0.1) is 23.3 Å².